The number of piperidine rings is 2. The third kappa shape index (κ3) is 2.92. The molecule has 0 bridgehead atoms. The molecule has 1 aromatic carbocycles. The van der Waals surface area contributed by atoms with Crippen LogP contribution in [0.5, 0.6) is 0 Å². The van der Waals surface area contributed by atoms with E-state index in [-0.39, 0.29) is 0 Å². The SMILES string of the molecule is c1ccc2c(C3CCN(CN4CCCCC4)CC3)c[nH]c2c1. The second kappa shape index (κ2) is 6.43. The highest BCUT2D eigenvalue weighted by molar-refractivity contribution is 5.83. The number of benzene rings is 1. The number of nitrogens with zero attached hydrogens (tertiary/aromatic N) is 2. The zero-order chi connectivity index (χ0) is 14.8. The van der Waals surface area contributed by atoms with E-state index in [9.17, 15) is 0 Å². The van der Waals surface area contributed by atoms with Crippen LogP contribution in [0.4, 0.5) is 0 Å². The fourth-order valence-corrected chi connectivity index (χ4v) is 4.20. The highest BCUT2D eigenvalue weighted by Crippen LogP contribution is 2.33. The van der Waals surface area contributed by atoms with E-state index in [1.165, 1.54) is 81.4 Å². The van der Waals surface area contributed by atoms with Crippen molar-refractivity contribution in [1.82, 2.24) is 14.8 Å². The quantitative estimate of drug-likeness (QED) is 0.931. The maximum atomic E-state index is 3.44. The van der Waals surface area contributed by atoms with Gasteiger partial charge in [-0.3, -0.25) is 9.80 Å². The Morgan fingerprint density at radius 2 is 1.64 bits per heavy atom. The largest absolute Gasteiger partial charge is 0.361 e. The van der Waals surface area contributed by atoms with Crippen LogP contribution in [0.1, 0.15) is 43.6 Å². The van der Waals surface area contributed by atoms with E-state index in [1.54, 1.807) is 0 Å². The number of H-pyrrole nitrogens is 1. The Morgan fingerprint density at radius 1 is 0.909 bits per heavy atom. The van der Waals surface area contributed by atoms with Gasteiger partial charge in [0.2, 0.25) is 0 Å². The number of rotatable bonds is 3. The fourth-order valence-electron chi connectivity index (χ4n) is 4.20. The standard InChI is InChI=1S/C19H27N3/c1-4-10-21(11-5-1)15-22-12-8-16(9-13-22)18-14-20-19-7-3-2-6-17(18)19/h2-3,6-7,14,16,20H,1,4-5,8-13,15H2. The lowest BCUT2D eigenvalue weighted by molar-refractivity contribution is 0.0928. The van der Waals surface area contributed by atoms with Gasteiger partial charge in [-0.05, 0) is 69.4 Å². The Bertz CT molecular complexity index is 604. The van der Waals surface area contributed by atoms with E-state index in [1.807, 2.05) is 0 Å². The van der Waals surface area contributed by atoms with Gasteiger partial charge in [-0.25, -0.2) is 0 Å². The van der Waals surface area contributed by atoms with Crippen LogP contribution in [-0.2, 0) is 0 Å². The summed E-state index contributed by atoms with van der Waals surface area (Å²) in [4.78, 5) is 8.75. The van der Waals surface area contributed by atoms with Gasteiger partial charge in [0.1, 0.15) is 0 Å². The maximum absolute atomic E-state index is 3.44. The Kier molecular flexibility index (Phi) is 4.17. The van der Waals surface area contributed by atoms with Crippen LogP contribution >= 0.6 is 0 Å². The predicted octanol–water partition coefficient (Wildman–Crippen LogP) is 3.79. The number of likely N-dealkylation sites (tertiary alicyclic amines) is 2. The molecule has 2 aliphatic heterocycles. The summed E-state index contributed by atoms with van der Waals surface area (Å²) >= 11 is 0. The van der Waals surface area contributed by atoms with Gasteiger partial charge in [-0.2, -0.15) is 0 Å². The molecule has 4 rings (SSSR count). The van der Waals surface area contributed by atoms with E-state index < -0.39 is 0 Å². The molecule has 0 radical (unpaired) electrons. The lowest BCUT2D eigenvalue weighted by atomic mass is 9.89. The Balaban J connectivity index is 1.37. The van der Waals surface area contributed by atoms with Gasteiger partial charge < -0.3 is 4.98 Å². The minimum Gasteiger partial charge on any atom is -0.361 e. The molecule has 118 valence electrons. The van der Waals surface area contributed by atoms with Crippen molar-refractivity contribution >= 4 is 10.9 Å². The molecule has 2 aromatic rings. The second-order valence-corrected chi connectivity index (χ2v) is 7.00. The molecule has 1 aromatic heterocycles. The van der Waals surface area contributed by atoms with Crippen molar-refractivity contribution in [2.75, 3.05) is 32.8 Å². The van der Waals surface area contributed by atoms with E-state index in [0.29, 0.717) is 0 Å². The van der Waals surface area contributed by atoms with Gasteiger partial charge in [-0.1, -0.05) is 24.6 Å². The van der Waals surface area contributed by atoms with Crippen LogP contribution in [-0.4, -0.2) is 47.6 Å². The third-order valence-corrected chi connectivity index (χ3v) is 5.50. The predicted molar refractivity (Wildman–Crippen MR) is 92.1 cm³/mol. The van der Waals surface area contributed by atoms with Crippen molar-refractivity contribution in [3.63, 3.8) is 0 Å². The van der Waals surface area contributed by atoms with Crippen LogP contribution in [0, 0.1) is 0 Å². The highest BCUT2D eigenvalue weighted by atomic mass is 15.3. The van der Waals surface area contributed by atoms with Gasteiger partial charge in [0.15, 0.2) is 0 Å². The highest BCUT2D eigenvalue weighted by Gasteiger charge is 2.24. The van der Waals surface area contributed by atoms with Gasteiger partial charge in [0.25, 0.3) is 0 Å². The normalized spacial score (nSPS) is 22.4. The topological polar surface area (TPSA) is 22.3 Å². The second-order valence-electron chi connectivity index (χ2n) is 7.00. The molecule has 1 N–H and O–H groups in total. The molecule has 3 heterocycles. The minimum absolute atomic E-state index is 0.730. The van der Waals surface area contributed by atoms with Crippen molar-refractivity contribution in [2.45, 2.75) is 38.0 Å². The van der Waals surface area contributed by atoms with E-state index in [4.69, 9.17) is 0 Å². The molecule has 3 nitrogen and oxygen atoms in total. The monoisotopic (exact) mass is 297 g/mol. The summed E-state index contributed by atoms with van der Waals surface area (Å²) < 4.78 is 0. The molecule has 3 heteroatoms. The number of hydrogen-bond donors (Lipinski definition) is 1. The number of aromatic nitrogens is 1. The maximum Gasteiger partial charge on any atom is 0.0506 e. The molecule has 0 spiro atoms. The molecule has 0 unspecified atom stereocenters. The van der Waals surface area contributed by atoms with Gasteiger partial charge in [0.05, 0.1) is 6.67 Å². The lowest BCUT2D eigenvalue weighted by Crippen LogP contribution is -2.43. The summed E-state index contributed by atoms with van der Waals surface area (Å²) in [5.41, 5.74) is 2.82. The number of para-hydroxylation sites is 1. The fraction of sp³-hybridized carbons (Fsp3) is 0.579. The third-order valence-electron chi connectivity index (χ3n) is 5.50. The zero-order valence-electron chi connectivity index (χ0n) is 13.4. The Morgan fingerprint density at radius 3 is 2.45 bits per heavy atom. The van der Waals surface area contributed by atoms with Gasteiger partial charge in [0, 0.05) is 17.1 Å². The van der Waals surface area contributed by atoms with Crippen molar-refractivity contribution in [3.05, 3.63) is 36.0 Å². The first-order chi connectivity index (χ1) is 10.9. The summed E-state index contributed by atoms with van der Waals surface area (Å²) in [6, 6.07) is 8.72. The number of hydrogen-bond acceptors (Lipinski definition) is 2. The van der Waals surface area contributed by atoms with Gasteiger partial charge >= 0.3 is 0 Å². The molecule has 2 saturated heterocycles. The molecule has 0 saturated carbocycles. The molecule has 0 atom stereocenters. The van der Waals surface area contributed by atoms with Crippen molar-refractivity contribution < 1.29 is 0 Å². The van der Waals surface area contributed by atoms with Gasteiger partial charge in [-0.15, -0.1) is 0 Å². The summed E-state index contributed by atoms with van der Waals surface area (Å²) in [6.07, 6.45) is 9.07. The van der Waals surface area contributed by atoms with E-state index >= 15 is 0 Å². The zero-order valence-corrected chi connectivity index (χ0v) is 13.4. The van der Waals surface area contributed by atoms with Crippen LogP contribution < -0.4 is 0 Å². The van der Waals surface area contributed by atoms with Crippen molar-refractivity contribution in [3.8, 4) is 0 Å². The van der Waals surface area contributed by atoms with Crippen molar-refractivity contribution in [2.24, 2.45) is 0 Å². The summed E-state index contributed by atoms with van der Waals surface area (Å²) in [5, 5.41) is 1.43. The van der Waals surface area contributed by atoms with Crippen LogP contribution in [0.25, 0.3) is 10.9 Å². The molecular weight excluding hydrogens is 270 g/mol. The summed E-state index contributed by atoms with van der Waals surface area (Å²) in [7, 11) is 0. The lowest BCUT2D eigenvalue weighted by Gasteiger charge is -2.37. The summed E-state index contributed by atoms with van der Waals surface area (Å²) in [6.45, 7) is 6.31. The first kappa shape index (κ1) is 14.3. The van der Waals surface area contributed by atoms with E-state index in [0.717, 1.165) is 5.92 Å². The Hall–Kier alpha value is -1.32. The molecule has 0 aliphatic carbocycles. The average molecular weight is 297 g/mol. The smallest absolute Gasteiger partial charge is 0.0506 e. The number of nitrogens with one attached hydrogen (secondary N) is 1. The first-order valence-corrected chi connectivity index (χ1v) is 8.91. The van der Waals surface area contributed by atoms with Crippen LogP contribution in [0.2, 0.25) is 0 Å². The molecular formula is C19H27N3. The minimum atomic E-state index is 0.730. The van der Waals surface area contributed by atoms with Crippen LogP contribution in [0.15, 0.2) is 30.5 Å². The molecule has 2 aliphatic rings. The first-order valence-electron chi connectivity index (χ1n) is 8.91. The molecule has 2 fully saturated rings. The molecule has 0 amide bonds. The van der Waals surface area contributed by atoms with E-state index in [2.05, 4.69) is 45.2 Å². The number of fused-ring (bicyclic) bond motifs is 1. The van der Waals surface area contributed by atoms with Crippen LogP contribution in [0.3, 0.4) is 0 Å². The van der Waals surface area contributed by atoms with Crippen molar-refractivity contribution in [1.29, 1.82) is 0 Å². The molecule has 22 heavy (non-hydrogen) atoms. The summed E-state index contributed by atoms with van der Waals surface area (Å²) in [5.74, 6) is 0.730. The Labute approximate surface area is 133 Å². The number of aromatic amines is 1. The average Bonchev–Trinajstić information content (AvgIpc) is 3.01.